The van der Waals surface area contributed by atoms with Gasteiger partial charge in [0.1, 0.15) is 11.6 Å². The van der Waals surface area contributed by atoms with Crippen LogP contribution >= 0.6 is 0 Å². The molecule has 4 heteroatoms. The number of hydrogen-bond acceptors (Lipinski definition) is 3. The molecule has 0 heterocycles. The zero-order chi connectivity index (χ0) is 20.7. The number of carbonyl (C=O) groups is 1. The smallest absolute Gasteiger partial charge is 0.263 e. The van der Waals surface area contributed by atoms with Crippen LogP contribution in [-0.2, 0) is 16.6 Å². The molecule has 0 saturated carbocycles. The molecular weight excluding hydrogens is 346 g/mol. The second-order valence-electron chi connectivity index (χ2n) is 7.93. The maximum Gasteiger partial charge on any atom is 0.263 e. The maximum atomic E-state index is 12.4. The fourth-order valence-electron chi connectivity index (χ4n) is 2.77. The second-order valence-corrected chi connectivity index (χ2v) is 7.93. The predicted octanol–water partition coefficient (Wildman–Crippen LogP) is 5.24. The van der Waals surface area contributed by atoms with E-state index in [-0.39, 0.29) is 17.0 Å². The Morgan fingerprint density at radius 1 is 1.11 bits per heavy atom. The van der Waals surface area contributed by atoms with Crippen molar-refractivity contribution in [3.63, 3.8) is 0 Å². The lowest BCUT2D eigenvalue weighted by atomic mass is 9.87. The summed E-state index contributed by atoms with van der Waals surface area (Å²) < 4.78 is 0. The van der Waals surface area contributed by atoms with E-state index in [9.17, 15) is 10.1 Å². The molecule has 2 N–H and O–H groups in total. The summed E-state index contributed by atoms with van der Waals surface area (Å²) in [5, 5.41) is 15.3. The molecule has 0 aliphatic carbocycles. The Labute approximate surface area is 168 Å². The molecule has 2 aromatic rings. The average molecular weight is 376 g/mol. The monoisotopic (exact) mass is 375 g/mol. The molecule has 0 radical (unpaired) electrons. The Hall–Kier alpha value is -3.06. The zero-order valence-electron chi connectivity index (χ0n) is 17.3. The van der Waals surface area contributed by atoms with E-state index in [1.165, 1.54) is 17.3 Å². The van der Waals surface area contributed by atoms with Gasteiger partial charge in [-0.1, -0.05) is 64.1 Å². The maximum absolute atomic E-state index is 12.4. The highest BCUT2D eigenvalue weighted by molar-refractivity contribution is 5.97. The van der Waals surface area contributed by atoms with E-state index >= 15 is 0 Å². The van der Waals surface area contributed by atoms with E-state index < -0.39 is 5.91 Å². The zero-order valence-corrected chi connectivity index (χ0v) is 17.3. The fourth-order valence-corrected chi connectivity index (χ4v) is 2.77. The molecule has 2 aromatic carbocycles. The Kier molecular flexibility index (Phi) is 7.00. The highest BCUT2D eigenvalue weighted by Gasteiger charge is 2.15. The van der Waals surface area contributed by atoms with Crippen LogP contribution in [-0.4, -0.2) is 5.91 Å². The van der Waals surface area contributed by atoms with E-state index in [1.54, 1.807) is 0 Å². The van der Waals surface area contributed by atoms with Gasteiger partial charge in [-0.25, -0.2) is 0 Å². The third-order valence-corrected chi connectivity index (χ3v) is 4.73. The van der Waals surface area contributed by atoms with Gasteiger partial charge in [0.25, 0.3) is 5.91 Å². The van der Waals surface area contributed by atoms with Gasteiger partial charge in [-0.2, -0.15) is 5.26 Å². The second kappa shape index (κ2) is 9.23. The molecule has 4 nitrogen and oxygen atoms in total. The number of anilines is 1. The van der Waals surface area contributed by atoms with Crippen LogP contribution in [0.2, 0.25) is 0 Å². The number of amides is 1. The van der Waals surface area contributed by atoms with Crippen molar-refractivity contribution in [2.75, 3.05) is 5.32 Å². The number of nitrogens with one attached hydrogen (secondary N) is 2. The van der Waals surface area contributed by atoms with Crippen molar-refractivity contribution in [3.8, 4) is 6.07 Å². The van der Waals surface area contributed by atoms with Crippen LogP contribution in [0.4, 0.5) is 5.69 Å². The Morgan fingerprint density at radius 3 is 2.21 bits per heavy atom. The van der Waals surface area contributed by atoms with Crippen LogP contribution in [0, 0.1) is 11.3 Å². The highest BCUT2D eigenvalue weighted by atomic mass is 16.1. The molecule has 0 aliphatic rings. The number of carbonyl (C=O) groups excluding carboxylic acids is 1. The molecule has 0 saturated heterocycles. The van der Waals surface area contributed by atoms with E-state index in [2.05, 4.69) is 50.5 Å². The SMILES string of the molecule is CCc1ccc(C(C)NC(=O)/C(C#N)=C\Nc2ccc(C(C)(C)C)cc2)cc1. The van der Waals surface area contributed by atoms with Gasteiger partial charge in [-0.3, -0.25) is 4.79 Å². The van der Waals surface area contributed by atoms with Crippen molar-refractivity contribution < 1.29 is 4.79 Å². The van der Waals surface area contributed by atoms with Crippen LogP contribution in [0.5, 0.6) is 0 Å². The standard InChI is InChI=1S/C24H29N3O/c1-6-18-7-9-19(10-8-18)17(2)27-23(28)20(15-25)16-26-22-13-11-21(12-14-22)24(3,4)5/h7-14,16-17,26H,6H2,1-5H3,(H,27,28)/b20-16-. The first-order valence-electron chi connectivity index (χ1n) is 9.61. The molecule has 146 valence electrons. The van der Waals surface area contributed by atoms with Gasteiger partial charge in [0.2, 0.25) is 0 Å². The van der Waals surface area contributed by atoms with Crippen molar-refractivity contribution in [1.82, 2.24) is 5.32 Å². The molecule has 0 aliphatic heterocycles. The number of hydrogen-bond donors (Lipinski definition) is 2. The summed E-state index contributed by atoms with van der Waals surface area (Å²) in [5.74, 6) is -0.395. The van der Waals surface area contributed by atoms with Crippen LogP contribution in [0.25, 0.3) is 0 Å². The molecule has 0 fully saturated rings. The lowest BCUT2D eigenvalue weighted by molar-refractivity contribution is -0.117. The fraction of sp³-hybridized carbons (Fsp3) is 0.333. The number of nitriles is 1. The minimum atomic E-state index is -0.395. The Balaban J connectivity index is 2.02. The largest absolute Gasteiger partial charge is 0.360 e. The summed E-state index contributed by atoms with van der Waals surface area (Å²) >= 11 is 0. The first-order chi connectivity index (χ1) is 13.2. The third kappa shape index (κ3) is 5.72. The van der Waals surface area contributed by atoms with Crippen molar-refractivity contribution in [3.05, 3.63) is 77.0 Å². The van der Waals surface area contributed by atoms with Crippen LogP contribution < -0.4 is 10.6 Å². The number of rotatable bonds is 6. The molecule has 0 aromatic heterocycles. The number of nitrogens with zero attached hydrogens (tertiary/aromatic N) is 1. The van der Waals surface area contributed by atoms with Crippen molar-refractivity contribution in [2.24, 2.45) is 0 Å². The summed E-state index contributed by atoms with van der Waals surface area (Å²) in [5.41, 5.74) is 4.43. The van der Waals surface area contributed by atoms with Gasteiger partial charge < -0.3 is 10.6 Å². The quantitative estimate of drug-likeness (QED) is 0.536. The summed E-state index contributed by atoms with van der Waals surface area (Å²) in [7, 11) is 0. The van der Waals surface area contributed by atoms with Crippen molar-refractivity contribution in [1.29, 1.82) is 5.26 Å². The van der Waals surface area contributed by atoms with Gasteiger partial charge in [0.05, 0.1) is 6.04 Å². The van der Waals surface area contributed by atoms with Crippen molar-refractivity contribution in [2.45, 2.75) is 52.5 Å². The van der Waals surface area contributed by atoms with E-state index in [1.807, 2.05) is 49.4 Å². The van der Waals surface area contributed by atoms with E-state index in [0.29, 0.717) is 0 Å². The summed E-state index contributed by atoms with van der Waals surface area (Å²) in [6.45, 7) is 10.5. The number of aryl methyl sites for hydroxylation is 1. The lowest BCUT2D eigenvalue weighted by Crippen LogP contribution is -2.28. The summed E-state index contributed by atoms with van der Waals surface area (Å²) in [4.78, 5) is 12.4. The van der Waals surface area contributed by atoms with E-state index in [4.69, 9.17) is 0 Å². The minimum Gasteiger partial charge on any atom is -0.360 e. The highest BCUT2D eigenvalue weighted by Crippen LogP contribution is 2.23. The van der Waals surface area contributed by atoms with Gasteiger partial charge >= 0.3 is 0 Å². The summed E-state index contributed by atoms with van der Waals surface area (Å²) in [6.07, 6.45) is 2.43. The molecule has 0 bridgehead atoms. The number of benzene rings is 2. The normalized spacial score (nSPS) is 12.8. The Morgan fingerprint density at radius 2 is 1.71 bits per heavy atom. The lowest BCUT2D eigenvalue weighted by Gasteiger charge is -2.19. The van der Waals surface area contributed by atoms with Gasteiger partial charge in [-0.15, -0.1) is 0 Å². The molecule has 1 amide bonds. The molecule has 0 spiro atoms. The molecule has 1 atom stereocenters. The molecule has 2 rings (SSSR count). The van der Waals surface area contributed by atoms with E-state index in [0.717, 1.165) is 17.7 Å². The van der Waals surface area contributed by atoms with Gasteiger partial charge in [0, 0.05) is 11.9 Å². The minimum absolute atomic E-state index is 0.0388. The average Bonchev–Trinajstić information content (AvgIpc) is 2.68. The molecule has 28 heavy (non-hydrogen) atoms. The molecular formula is C24H29N3O. The van der Waals surface area contributed by atoms with Gasteiger partial charge in [-0.05, 0) is 47.6 Å². The van der Waals surface area contributed by atoms with Crippen LogP contribution in [0.3, 0.4) is 0 Å². The first-order valence-corrected chi connectivity index (χ1v) is 9.61. The van der Waals surface area contributed by atoms with Crippen molar-refractivity contribution >= 4 is 11.6 Å². The first kappa shape index (κ1) is 21.2. The Bertz CT molecular complexity index is 866. The summed E-state index contributed by atoms with van der Waals surface area (Å²) in [6, 6.07) is 17.9. The molecule has 1 unspecified atom stereocenters. The van der Waals surface area contributed by atoms with Crippen LogP contribution in [0.1, 0.15) is 57.4 Å². The van der Waals surface area contributed by atoms with Gasteiger partial charge in [0.15, 0.2) is 0 Å². The predicted molar refractivity (Wildman–Crippen MR) is 115 cm³/mol. The van der Waals surface area contributed by atoms with Crippen LogP contribution in [0.15, 0.2) is 60.3 Å². The third-order valence-electron chi connectivity index (χ3n) is 4.73. The topological polar surface area (TPSA) is 64.9 Å².